The predicted octanol–water partition coefficient (Wildman–Crippen LogP) is 2.63. The van der Waals surface area contributed by atoms with Crippen LogP contribution >= 0.6 is 15.9 Å². The number of hydrogen-bond acceptors (Lipinski definition) is 3. The monoisotopic (exact) mass is 269 g/mol. The second kappa shape index (κ2) is 5.05. The van der Waals surface area contributed by atoms with Gasteiger partial charge in [0.15, 0.2) is 0 Å². The number of halogens is 1. The fourth-order valence-corrected chi connectivity index (χ4v) is 2.31. The smallest absolute Gasteiger partial charge is 0.106 e. The molecule has 4 heteroatoms. The van der Waals surface area contributed by atoms with Gasteiger partial charge >= 0.3 is 0 Å². The molecule has 1 aliphatic rings. The molecule has 1 saturated heterocycles. The van der Waals surface area contributed by atoms with Gasteiger partial charge in [-0.25, -0.2) is 9.99 Å². The number of nitrogens with two attached hydrogens (primary N) is 1. The van der Waals surface area contributed by atoms with Crippen LogP contribution in [0.4, 0.5) is 0 Å². The van der Waals surface area contributed by atoms with Gasteiger partial charge in [-0.15, -0.1) is 0 Å². The Hall–Kier alpha value is -0.450. The highest BCUT2D eigenvalue weighted by Gasteiger charge is 2.19. The summed E-state index contributed by atoms with van der Waals surface area (Å²) in [5.74, 6) is 6.04. The molecule has 0 unspecified atom stereocenters. The Balaban J connectivity index is 2.16. The minimum absolute atomic E-state index is 0.341. The molecule has 2 rings (SSSR count). The van der Waals surface area contributed by atoms with E-state index in [0.717, 1.165) is 17.6 Å². The van der Waals surface area contributed by atoms with Crippen LogP contribution in [-0.2, 0) is 0 Å². The van der Waals surface area contributed by atoms with Crippen molar-refractivity contribution in [3.05, 3.63) is 28.5 Å². The normalized spacial score (nSPS) is 23.7. The van der Waals surface area contributed by atoms with Gasteiger partial charge in [-0.1, -0.05) is 18.9 Å². The van der Waals surface area contributed by atoms with Crippen LogP contribution in [0.25, 0.3) is 0 Å². The molecule has 1 aliphatic heterocycles. The summed E-state index contributed by atoms with van der Waals surface area (Å²) in [5.41, 5.74) is 1.22. The summed E-state index contributed by atoms with van der Waals surface area (Å²) < 4.78 is 0.878. The van der Waals surface area contributed by atoms with Gasteiger partial charge in [0.2, 0.25) is 0 Å². The summed E-state index contributed by atoms with van der Waals surface area (Å²) in [6.45, 7) is 0.987. The molecular formula is C11H16BrN3. The lowest BCUT2D eigenvalue weighted by molar-refractivity contribution is 0.206. The van der Waals surface area contributed by atoms with Crippen LogP contribution in [0.3, 0.4) is 0 Å². The van der Waals surface area contributed by atoms with Crippen molar-refractivity contribution in [2.75, 3.05) is 6.54 Å². The lowest BCUT2D eigenvalue weighted by Gasteiger charge is -2.25. The van der Waals surface area contributed by atoms with Crippen LogP contribution in [0, 0.1) is 0 Å². The van der Waals surface area contributed by atoms with Crippen molar-refractivity contribution in [2.45, 2.75) is 31.7 Å². The Morgan fingerprint density at radius 3 is 2.93 bits per heavy atom. The highest BCUT2D eigenvalue weighted by atomic mass is 79.9. The van der Waals surface area contributed by atoms with E-state index in [1.54, 1.807) is 0 Å². The molecule has 0 aliphatic carbocycles. The van der Waals surface area contributed by atoms with E-state index in [2.05, 4.69) is 27.0 Å². The topological polar surface area (TPSA) is 42.1 Å². The van der Waals surface area contributed by atoms with Crippen molar-refractivity contribution < 1.29 is 0 Å². The zero-order valence-electron chi connectivity index (χ0n) is 8.69. The number of aromatic nitrogens is 1. The average molecular weight is 270 g/mol. The Kier molecular flexibility index (Phi) is 3.72. The third kappa shape index (κ3) is 2.77. The Morgan fingerprint density at radius 2 is 2.20 bits per heavy atom. The van der Waals surface area contributed by atoms with Crippen LogP contribution in [0.1, 0.15) is 37.3 Å². The van der Waals surface area contributed by atoms with E-state index < -0.39 is 0 Å². The fourth-order valence-electron chi connectivity index (χ4n) is 2.07. The Morgan fingerprint density at radius 1 is 1.33 bits per heavy atom. The molecule has 2 heterocycles. The number of pyridine rings is 1. The number of hydrazine groups is 1. The van der Waals surface area contributed by atoms with Crippen LogP contribution in [0.2, 0.25) is 0 Å². The van der Waals surface area contributed by atoms with E-state index >= 15 is 0 Å². The minimum atomic E-state index is 0.341. The molecule has 3 nitrogen and oxygen atoms in total. The Bertz CT molecular complexity index is 312. The summed E-state index contributed by atoms with van der Waals surface area (Å²) in [6, 6.07) is 4.43. The van der Waals surface area contributed by atoms with Gasteiger partial charge in [0.1, 0.15) is 4.60 Å². The zero-order chi connectivity index (χ0) is 10.7. The first-order chi connectivity index (χ1) is 7.27. The van der Waals surface area contributed by atoms with Crippen molar-refractivity contribution in [2.24, 2.45) is 5.84 Å². The quantitative estimate of drug-likeness (QED) is 0.630. The molecule has 1 atom stereocenters. The summed E-state index contributed by atoms with van der Waals surface area (Å²) in [5, 5.41) is 1.96. The van der Waals surface area contributed by atoms with Crippen LogP contribution in [-0.4, -0.2) is 16.5 Å². The van der Waals surface area contributed by atoms with Gasteiger partial charge in [-0.05, 0) is 40.4 Å². The van der Waals surface area contributed by atoms with Gasteiger partial charge in [-0.3, -0.25) is 5.84 Å². The molecule has 15 heavy (non-hydrogen) atoms. The van der Waals surface area contributed by atoms with E-state index in [-0.39, 0.29) is 0 Å². The molecule has 0 bridgehead atoms. The molecule has 1 fully saturated rings. The first kappa shape index (κ1) is 11.0. The molecule has 1 aromatic heterocycles. The van der Waals surface area contributed by atoms with Gasteiger partial charge in [-0.2, -0.15) is 0 Å². The third-order valence-electron chi connectivity index (χ3n) is 2.93. The van der Waals surface area contributed by atoms with Crippen molar-refractivity contribution in [1.82, 2.24) is 9.99 Å². The van der Waals surface area contributed by atoms with Gasteiger partial charge < -0.3 is 0 Å². The predicted molar refractivity (Wildman–Crippen MR) is 64.0 cm³/mol. The number of rotatable bonds is 1. The van der Waals surface area contributed by atoms with Crippen molar-refractivity contribution in [3.63, 3.8) is 0 Å². The summed E-state index contributed by atoms with van der Waals surface area (Å²) in [4.78, 5) is 4.25. The van der Waals surface area contributed by atoms with Crippen molar-refractivity contribution in [1.29, 1.82) is 0 Å². The largest absolute Gasteiger partial charge is 0.268 e. The van der Waals surface area contributed by atoms with Gasteiger partial charge in [0, 0.05) is 12.7 Å². The molecule has 0 spiro atoms. The molecule has 2 N–H and O–H groups in total. The lowest BCUT2D eigenvalue weighted by Crippen LogP contribution is -2.34. The van der Waals surface area contributed by atoms with Crippen LogP contribution < -0.4 is 5.84 Å². The standard InChI is InChI=1S/C11H16BrN3/c12-11-6-5-9(8-14-11)10-4-2-1-3-7-15(10)13/h5-6,8,10H,1-4,7,13H2/t10-/m0/s1. The van der Waals surface area contributed by atoms with Crippen LogP contribution in [0.15, 0.2) is 22.9 Å². The van der Waals surface area contributed by atoms with E-state index in [4.69, 9.17) is 5.84 Å². The van der Waals surface area contributed by atoms with Gasteiger partial charge in [0.25, 0.3) is 0 Å². The van der Waals surface area contributed by atoms with E-state index in [0.29, 0.717) is 6.04 Å². The average Bonchev–Trinajstić information content (AvgIpc) is 2.44. The van der Waals surface area contributed by atoms with Crippen LogP contribution in [0.5, 0.6) is 0 Å². The highest BCUT2D eigenvalue weighted by Crippen LogP contribution is 2.27. The Labute approximate surface area is 98.8 Å². The van der Waals surface area contributed by atoms with E-state index in [1.807, 2.05) is 17.3 Å². The molecule has 0 aromatic carbocycles. The molecule has 82 valence electrons. The second-order valence-electron chi connectivity index (χ2n) is 4.02. The molecule has 1 aromatic rings. The lowest BCUT2D eigenvalue weighted by atomic mass is 10.0. The second-order valence-corrected chi connectivity index (χ2v) is 4.83. The van der Waals surface area contributed by atoms with E-state index in [1.165, 1.54) is 24.8 Å². The third-order valence-corrected chi connectivity index (χ3v) is 3.40. The minimum Gasteiger partial charge on any atom is -0.268 e. The number of hydrogen-bond donors (Lipinski definition) is 1. The first-order valence-electron chi connectivity index (χ1n) is 5.40. The molecule has 0 radical (unpaired) electrons. The maximum Gasteiger partial charge on any atom is 0.106 e. The summed E-state index contributed by atoms with van der Waals surface area (Å²) in [6.07, 6.45) is 6.80. The fraction of sp³-hybridized carbons (Fsp3) is 0.545. The highest BCUT2D eigenvalue weighted by molar-refractivity contribution is 9.10. The molecular weight excluding hydrogens is 254 g/mol. The summed E-state index contributed by atoms with van der Waals surface area (Å²) in [7, 11) is 0. The van der Waals surface area contributed by atoms with Crippen molar-refractivity contribution in [3.8, 4) is 0 Å². The van der Waals surface area contributed by atoms with Gasteiger partial charge in [0.05, 0.1) is 6.04 Å². The maximum atomic E-state index is 6.04. The SMILES string of the molecule is NN1CCCCC[C@H]1c1ccc(Br)nc1. The number of nitrogens with zero attached hydrogens (tertiary/aromatic N) is 2. The van der Waals surface area contributed by atoms with Crippen molar-refractivity contribution >= 4 is 15.9 Å². The van der Waals surface area contributed by atoms with E-state index in [9.17, 15) is 0 Å². The first-order valence-corrected chi connectivity index (χ1v) is 6.19. The maximum absolute atomic E-state index is 6.04. The summed E-state index contributed by atoms with van der Waals surface area (Å²) >= 11 is 3.34. The molecule has 0 amide bonds. The molecule has 0 saturated carbocycles. The zero-order valence-corrected chi connectivity index (χ0v) is 10.3.